The van der Waals surface area contributed by atoms with E-state index in [1.807, 2.05) is 0 Å². The third kappa shape index (κ3) is 3.17. The van der Waals surface area contributed by atoms with Gasteiger partial charge in [0.15, 0.2) is 0 Å². The van der Waals surface area contributed by atoms with Gasteiger partial charge in [-0.1, -0.05) is 25.1 Å². The van der Waals surface area contributed by atoms with E-state index in [0.29, 0.717) is 13.3 Å². The van der Waals surface area contributed by atoms with Gasteiger partial charge in [-0.05, 0) is 26.3 Å². The van der Waals surface area contributed by atoms with Crippen molar-refractivity contribution >= 4 is 0 Å². The van der Waals surface area contributed by atoms with Gasteiger partial charge in [0.25, 0.3) is 5.67 Å². The van der Waals surface area contributed by atoms with Crippen molar-refractivity contribution in [1.82, 2.24) is 0 Å². The van der Waals surface area contributed by atoms with Crippen molar-refractivity contribution in [3.8, 4) is 5.75 Å². The Labute approximate surface area is 175 Å². The summed E-state index contributed by atoms with van der Waals surface area (Å²) in [6, 6.07) is 4.34. The first-order valence-electron chi connectivity index (χ1n) is 9.22. The Morgan fingerprint density at radius 1 is 0.812 bits per heavy atom. The second-order valence-electron chi connectivity index (χ2n) is 7.96. The van der Waals surface area contributed by atoms with Gasteiger partial charge in [0.2, 0.25) is 0 Å². The molecule has 1 saturated carbocycles. The van der Waals surface area contributed by atoms with E-state index in [0.717, 1.165) is 18.2 Å². The van der Waals surface area contributed by atoms with Crippen molar-refractivity contribution in [3.63, 3.8) is 0 Å². The average Bonchev–Trinajstić information content (AvgIpc) is 2.66. The van der Waals surface area contributed by atoms with E-state index in [4.69, 9.17) is 4.74 Å². The van der Waals surface area contributed by atoms with E-state index >= 15 is 4.39 Å². The molecule has 0 amide bonds. The molecule has 184 valence electrons. The lowest BCUT2D eigenvalue weighted by Crippen LogP contribution is -2.84. The third-order valence-electron chi connectivity index (χ3n) is 5.53. The Balaban J connectivity index is 2.69. The SMILES string of the molecule is CCC(C)Oc1ccccc1C(C)(O)CC1(F)C(F)(F)C(F)(F)C(F)(F)C(F)(F)C1(F)F. The molecule has 0 heterocycles. The molecule has 1 aromatic rings. The van der Waals surface area contributed by atoms with Gasteiger partial charge in [0.05, 0.1) is 11.7 Å². The van der Waals surface area contributed by atoms with Crippen molar-refractivity contribution in [2.75, 3.05) is 0 Å². The van der Waals surface area contributed by atoms with Crippen LogP contribution in [0.5, 0.6) is 5.75 Å². The number of halogens is 11. The normalized spacial score (nSPS) is 27.2. The molecule has 1 N–H and O–H groups in total. The van der Waals surface area contributed by atoms with E-state index in [1.165, 1.54) is 13.0 Å². The van der Waals surface area contributed by atoms with E-state index < -0.39 is 59.0 Å². The molecule has 0 aliphatic heterocycles. The summed E-state index contributed by atoms with van der Waals surface area (Å²) in [6.07, 6.45) is -3.06. The molecule has 1 aromatic carbocycles. The molecule has 1 fully saturated rings. The van der Waals surface area contributed by atoms with E-state index in [9.17, 15) is 49.0 Å². The zero-order valence-corrected chi connectivity index (χ0v) is 16.8. The minimum absolute atomic E-state index is 0.340. The van der Waals surface area contributed by atoms with Crippen molar-refractivity contribution in [2.45, 2.75) is 80.6 Å². The molecule has 2 nitrogen and oxygen atoms in total. The zero-order valence-electron chi connectivity index (χ0n) is 16.8. The summed E-state index contributed by atoms with van der Waals surface area (Å²) in [5, 5.41) is 10.5. The van der Waals surface area contributed by atoms with Gasteiger partial charge in [-0.2, -0.15) is 43.9 Å². The first-order valence-corrected chi connectivity index (χ1v) is 9.22. The number of rotatable bonds is 6. The standard InChI is InChI=1S/C19H19F11O2/c1-4-10(2)32-12-8-6-5-7-11(12)13(3,31)9-14(20)15(21,22)17(25,26)19(29,30)18(27,28)16(14,23)24/h5-8,10,31H,4,9H2,1-3H3. The Kier molecular flexibility index (Phi) is 6.08. The van der Waals surface area contributed by atoms with Crippen LogP contribution in [0, 0.1) is 0 Å². The van der Waals surface area contributed by atoms with Crippen molar-refractivity contribution in [2.24, 2.45) is 0 Å². The lowest BCUT2D eigenvalue weighted by Gasteiger charge is -2.53. The largest absolute Gasteiger partial charge is 0.490 e. The minimum Gasteiger partial charge on any atom is -0.490 e. The highest BCUT2D eigenvalue weighted by Gasteiger charge is 3.01. The Morgan fingerprint density at radius 2 is 1.22 bits per heavy atom. The molecule has 2 rings (SSSR count). The topological polar surface area (TPSA) is 29.5 Å². The molecular weight excluding hydrogens is 469 g/mol. The predicted molar refractivity (Wildman–Crippen MR) is 89.6 cm³/mol. The Bertz CT molecular complexity index is 821. The number of para-hydroxylation sites is 1. The first-order chi connectivity index (χ1) is 14.2. The zero-order chi connectivity index (χ0) is 25.2. The minimum atomic E-state index is -7.30. The van der Waals surface area contributed by atoms with Crippen LogP contribution in [-0.4, -0.2) is 46.5 Å². The number of alkyl halides is 11. The summed E-state index contributed by atoms with van der Waals surface area (Å²) in [6.45, 7) is 3.53. The van der Waals surface area contributed by atoms with E-state index in [2.05, 4.69) is 0 Å². The number of hydrogen-bond acceptors (Lipinski definition) is 2. The van der Waals surface area contributed by atoms with Gasteiger partial charge >= 0.3 is 29.6 Å². The number of hydrogen-bond donors (Lipinski definition) is 1. The van der Waals surface area contributed by atoms with E-state index in [1.54, 1.807) is 6.92 Å². The van der Waals surface area contributed by atoms with Gasteiger partial charge in [-0.15, -0.1) is 0 Å². The van der Waals surface area contributed by atoms with Gasteiger partial charge in [-0.3, -0.25) is 0 Å². The third-order valence-corrected chi connectivity index (χ3v) is 5.53. The van der Waals surface area contributed by atoms with E-state index in [-0.39, 0.29) is 5.75 Å². The molecule has 0 radical (unpaired) electrons. The molecule has 13 heteroatoms. The highest BCUT2D eigenvalue weighted by atomic mass is 19.4. The molecule has 1 aliphatic carbocycles. The van der Waals surface area contributed by atoms with Crippen LogP contribution in [0.25, 0.3) is 0 Å². The fourth-order valence-electron chi connectivity index (χ4n) is 3.39. The second kappa shape index (κ2) is 7.36. The first kappa shape index (κ1) is 26.5. The highest BCUT2D eigenvalue weighted by molar-refractivity contribution is 5.39. The number of benzene rings is 1. The molecule has 2 unspecified atom stereocenters. The van der Waals surface area contributed by atoms with Crippen LogP contribution < -0.4 is 4.74 Å². The molecule has 2 atom stereocenters. The monoisotopic (exact) mass is 488 g/mol. The predicted octanol–water partition coefficient (Wildman–Crippen LogP) is 6.36. The maximum absolute atomic E-state index is 15.1. The lowest BCUT2D eigenvalue weighted by atomic mass is 9.67. The maximum atomic E-state index is 15.1. The molecule has 32 heavy (non-hydrogen) atoms. The number of aliphatic hydroxyl groups is 1. The summed E-state index contributed by atoms with van der Waals surface area (Å²) < 4.78 is 159. The lowest BCUT2D eigenvalue weighted by molar-refractivity contribution is -0.488. The molecule has 1 aliphatic rings. The average molecular weight is 488 g/mol. The quantitative estimate of drug-likeness (QED) is 0.473. The van der Waals surface area contributed by atoms with Crippen LogP contribution in [0.4, 0.5) is 48.3 Å². The molecule has 0 saturated heterocycles. The van der Waals surface area contributed by atoms with Crippen LogP contribution in [0.15, 0.2) is 24.3 Å². The van der Waals surface area contributed by atoms with Gasteiger partial charge in [-0.25, -0.2) is 4.39 Å². The van der Waals surface area contributed by atoms with Gasteiger partial charge < -0.3 is 9.84 Å². The summed E-state index contributed by atoms with van der Waals surface area (Å²) in [5.41, 5.74) is -10.2. The molecular formula is C19H19F11O2. The second-order valence-corrected chi connectivity index (χ2v) is 7.96. The van der Waals surface area contributed by atoms with Crippen LogP contribution in [0.1, 0.15) is 39.2 Å². The molecule has 0 spiro atoms. The summed E-state index contributed by atoms with van der Waals surface area (Å²) >= 11 is 0. The highest BCUT2D eigenvalue weighted by Crippen LogP contribution is 2.71. The number of ether oxygens (including phenoxy) is 1. The Hall–Kier alpha value is -1.79. The van der Waals surface area contributed by atoms with Crippen LogP contribution in [0.2, 0.25) is 0 Å². The maximum Gasteiger partial charge on any atom is 0.384 e. The fraction of sp³-hybridized carbons (Fsp3) is 0.684. The van der Waals surface area contributed by atoms with Crippen molar-refractivity contribution < 1.29 is 58.1 Å². The molecule has 0 bridgehead atoms. The van der Waals surface area contributed by atoms with Gasteiger partial charge in [0.1, 0.15) is 5.75 Å². The molecule has 0 aromatic heterocycles. The smallest absolute Gasteiger partial charge is 0.384 e. The van der Waals surface area contributed by atoms with Crippen molar-refractivity contribution in [3.05, 3.63) is 29.8 Å². The summed E-state index contributed by atoms with van der Waals surface area (Å²) in [5.74, 6) is -36.1. The van der Waals surface area contributed by atoms with Crippen LogP contribution in [0.3, 0.4) is 0 Å². The van der Waals surface area contributed by atoms with Crippen LogP contribution >= 0.6 is 0 Å². The van der Waals surface area contributed by atoms with Crippen LogP contribution in [-0.2, 0) is 5.60 Å². The van der Waals surface area contributed by atoms with Crippen molar-refractivity contribution in [1.29, 1.82) is 0 Å². The Morgan fingerprint density at radius 3 is 1.66 bits per heavy atom. The summed E-state index contributed by atoms with van der Waals surface area (Å²) in [4.78, 5) is 0. The summed E-state index contributed by atoms with van der Waals surface area (Å²) in [7, 11) is 0. The van der Waals surface area contributed by atoms with Gasteiger partial charge in [0, 0.05) is 12.0 Å². The fourth-order valence-corrected chi connectivity index (χ4v) is 3.39.